The lowest BCUT2D eigenvalue weighted by Crippen LogP contribution is -2.67. The monoisotopic (exact) mass is 661 g/mol. The van der Waals surface area contributed by atoms with Crippen molar-refractivity contribution < 1.29 is 30.8 Å². The summed E-state index contributed by atoms with van der Waals surface area (Å²) in [5, 5.41) is 10.7. The molecule has 0 spiro atoms. The Kier molecular flexibility index (Phi) is 8.97. The highest BCUT2D eigenvalue weighted by atomic mass is 28.4. The van der Waals surface area contributed by atoms with E-state index in [-0.39, 0.29) is 34.6 Å². The molecule has 5 rings (SSSR count). The molecular formula is C33H33F6N3O3Si. The topological polar surface area (TPSA) is 79.5 Å². The van der Waals surface area contributed by atoms with Gasteiger partial charge < -0.3 is 20.4 Å². The molecule has 4 aromatic carbocycles. The fraction of sp³-hybridized carbons (Fsp3) is 0.333. The lowest BCUT2D eigenvalue weighted by atomic mass is 10.1. The van der Waals surface area contributed by atoms with Crippen LogP contribution in [0, 0.1) is 0 Å². The van der Waals surface area contributed by atoms with Crippen LogP contribution < -0.4 is 37.2 Å². The Bertz CT molecular complexity index is 1680. The van der Waals surface area contributed by atoms with Crippen LogP contribution in [0.25, 0.3) is 0 Å². The smallest absolute Gasteiger partial charge is 0.406 e. The minimum absolute atomic E-state index is 0.00826. The highest BCUT2D eigenvalue weighted by Crippen LogP contribution is 2.39. The maximum atomic E-state index is 13.3. The van der Waals surface area contributed by atoms with Crippen LogP contribution in [0.1, 0.15) is 38.3 Å². The van der Waals surface area contributed by atoms with Crippen LogP contribution >= 0.6 is 0 Å². The summed E-state index contributed by atoms with van der Waals surface area (Å²) in [6.07, 6.45) is -9.64. The highest BCUT2D eigenvalue weighted by molar-refractivity contribution is 6.99. The van der Waals surface area contributed by atoms with E-state index in [1.807, 2.05) is 36.4 Å². The molecule has 244 valence electrons. The van der Waals surface area contributed by atoms with Crippen molar-refractivity contribution in [3.05, 3.63) is 110 Å². The summed E-state index contributed by atoms with van der Waals surface area (Å²) in [5.41, 5.74) is -6.20. The van der Waals surface area contributed by atoms with Crippen molar-refractivity contribution in [3.8, 4) is 0 Å². The molecule has 1 saturated heterocycles. The Morgan fingerprint density at radius 2 is 1.28 bits per heavy atom. The number of hydrogen-bond acceptors (Lipinski definition) is 6. The molecule has 2 atom stereocenters. The summed E-state index contributed by atoms with van der Waals surface area (Å²) < 4.78 is 87.0. The minimum atomic E-state index is -5.06. The maximum Gasteiger partial charge on any atom is 0.416 e. The van der Waals surface area contributed by atoms with Gasteiger partial charge in [-0.05, 0) is 40.0 Å². The average Bonchev–Trinajstić information content (AvgIpc) is 3.46. The van der Waals surface area contributed by atoms with Crippen molar-refractivity contribution in [2.75, 3.05) is 23.8 Å². The van der Waals surface area contributed by atoms with Crippen LogP contribution in [-0.4, -0.2) is 33.6 Å². The van der Waals surface area contributed by atoms with Gasteiger partial charge in [-0.1, -0.05) is 81.4 Å². The number of anilines is 3. The predicted octanol–water partition coefficient (Wildman–Crippen LogP) is 5.78. The molecule has 4 aromatic rings. The third-order valence-corrected chi connectivity index (χ3v) is 13.3. The molecular weight excluding hydrogens is 628 g/mol. The van der Waals surface area contributed by atoms with Gasteiger partial charge in [-0.3, -0.25) is 9.59 Å². The summed E-state index contributed by atoms with van der Waals surface area (Å²) in [6, 6.07) is 20.6. The number of nitrogens with one attached hydrogen (secondary N) is 3. The molecule has 13 heteroatoms. The molecule has 1 heterocycles. The zero-order chi connectivity index (χ0) is 33.5. The SMILES string of the molecule is CC(C)(C)[Si](OC[C@@H]1C[C@@H](Nc2c(Nc3cc(C(F)(F)F)cc(C(F)(F)F)c3)c(=O)c2=O)CN1)(c1ccccc1)c1ccccc1. The molecule has 0 amide bonds. The van der Waals surface area contributed by atoms with Crippen molar-refractivity contribution in [2.24, 2.45) is 0 Å². The summed E-state index contributed by atoms with van der Waals surface area (Å²) in [7, 11) is -2.82. The first-order valence-electron chi connectivity index (χ1n) is 14.7. The van der Waals surface area contributed by atoms with Gasteiger partial charge in [-0.15, -0.1) is 0 Å². The van der Waals surface area contributed by atoms with Crippen LogP contribution in [-0.2, 0) is 16.8 Å². The Hall–Kier alpha value is -3.94. The first kappa shape index (κ1) is 33.4. The van der Waals surface area contributed by atoms with Gasteiger partial charge in [-0.25, -0.2) is 0 Å². The van der Waals surface area contributed by atoms with Crippen molar-refractivity contribution in [2.45, 2.75) is 56.7 Å². The Morgan fingerprint density at radius 1 is 0.783 bits per heavy atom. The quantitative estimate of drug-likeness (QED) is 0.120. The van der Waals surface area contributed by atoms with Crippen molar-refractivity contribution >= 4 is 35.8 Å². The van der Waals surface area contributed by atoms with Crippen molar-refractivity contribution in [1.29, 1.82) is 0 Å². The molecule has 0 unspecified atom stereocenters. The van der Waals surface area contributed by atoms with Gasteiger partial charge in [-0.2, -0.15) is 26.3 Å². The second-order valence-electron chi connectivity index (χ2n) is 12.5. The molecule has 46 heavy (non-hydrogen) atoms. The van der Waals surface area contributed by atoms with Gasteiger partial charge in [0.2, 0.25) is 0 Å². The molecule has 1 aliphatic heterocycles. The zero-order valence-electron chi connectivity index (χ0n) is 25.3. The van der Waals surface area contributed by atoms with Gasteiger partial charge in [0.25, 0.3) is 19.2 Å². The first-order valence-corrected chi connectivity index (χ1v) is 16.6. The molecule has 0 aromatic heterocycles. The standard InChI is InChI=1S/C33H33F6N3O3Si/c1-31(2,3)46(25-10-6-4-7-11-25,26-12-8-5-9-13-26)45-19-24-17-23(18-40-24)42-28-27(29(43)30(28)44)41-22-15-20(32(34,35)36)14-21(16-22)33(37,38)39/h4-16,23-24,40-42H,17-19H2,1-3H3/t23-,24+/m1/s1. The number of hydrogen-bond donors (Lipinski definition) is 3. The number of alkyl halides is 6. The van der Waals surface area contributed by atoms with E-state index in [1.165, 1.54) is 0 Å². The molecule has 6 nitrogen and oxygen atoms in total. The van der Waals surface area contributed by atoms with E-state index in [0.29, 0.717) is 31.7 Å². The van der Waals surface area contributed by atoms with Crippen LogP contribution in [0.15, 0.2) is 88.5 Å². The van der Waals surface area contributed by atoms with Crippen molar-refractivity contribution in [1.82, 2.24) is 5.32 Å². The zero-order valence-corrected chi connectivity index (χ0v) is 26.3. The molecule has 0 radical (unpaired) electrons. The maximum absolute atomic E-state index is 13.3. The van der Waals surface area contributed by atoms with Gasteiger partial charge in [0, 0.05) is 24.3 Å². The predicted molar refractivity (Wildman–Crippen MR) is 168 cm³/mol. The number of rotatable bonds is 9. The summed E-state index contributed by atoms with van der Waals surface area (Å²) in [5.74, 6) is 0. The third-order valence-electron chi connectivity index (χ3n) is 8.26. The fourth-order valence-corrected chi connectivity index (χ4v) is 10.7. The van der Waals surface area contributed by atoms with E-state index < -0.39 is 48.3 Å². The Balaban J connectivity index is 1.33. The van der Waals surface area contributed by atoms with Crippen molar-refractivity contribution in [3.63, 3.8) is 0 Å². The molecule has 0 saturated carbocycles. The third kappa shape index (κ3) is 6.62. The van der Waals surface area contributed by atoms with Gasteiger partial charge in [0.1, 0.15) is 11.4 Å². The minimum Gasteiger partial charge on any atom is -0.406 e. The lowest BCUT2D eigenvalue weighted by Gasteiger charge is -2.43. The van der Waals surface area contributed by atoms with Crippen LogP contribution in [0.5, 0.6) is 0 Å². The largest absolute Gasteiger partial charge is 0.416 e. The van der Waals surface area contributed by atoms with Crippen LogP contribution in [0.3, 0.4) is 0 Å². The molecule has 1 fully saturated rings. The number of benzene rings is 3. The Labute approximate surface area is 262 Å². The molecule has 3 N–H and O–H groups in total. The second kappa shape index (κ2) is 12.3. The van der Waals surface area contributed by atoms with E-state index >= 15 is 0 Å². The van der Waals surface area contributed by atoms with Gasteiger partial charge in [0.05, 0.1) is 17.7 Å². The average molecular weight is 662 g/mol. The van der Waals surface area contributed by atoms with E-state index in [0.717, 1.165) is 10.4 Å². The van der Waals surface area contributed by atoms with Gasteiger partial charge >= 0.3 is 12.4 Å². The normalized spacial score (nSPS) is 17.8. The summed E-state index contributed by atoms with van der Waals surface area (Å²) >= 11 is 0. The summed E-state index contributed by atoms with van der Waals surface area (Å²) in [4.78, 5) is 24.8. The second-order valence-corrected chi connectivity index (χ2v) is 16.8. The molecule has 0 bridgehead atoms. The lowest BCUT2D eigenvalue weighted by molar-refractivity contribution is -0.143. The van der Waals surface area contributed by atoms with Crippen LogP contribution in [0.4, 0.5) is 43.4 Å². The fourth-order valence-electron chi connectivity index (χ4n) is 6.07. The summed E-state index contributed by atoms with van der Waals surface area (Å²) in [6.45, 7) is 7.21. The van der Waals surface area contributed by atoms with E-state index in [1.54, 1.807) is 0 Å². The number of halogens is 6. The molecule has 0 aliphatic carbocycles. The van der Waals surface area contributed by atoms with Crippen LogP contribution in [0.2, 0.25) is 5.04 Å². The molecule has 1 aliphatic rings. The van der Waals surface area contributed by atoms with E-state index in [4.69, 9.17) is 4.43 Å². The van der Waals surface area contributed by atoms with E-state index in [2.05, 4.69) is 61.0 Å². The van der Waals surface area contributed by atoms with Gasteiger partial charge in [0.15, 0.2) is 0 Å². The Morgan fingerprint density at radius 3 is 1.76 bits per heavy atom. The van der Waals surface area contributed by atoms with E-state index in [9.17, 15) is 35.9 Å². The highest BCUT2D eigenvalue weighted by Gasteiger charge is 2.50. The first-order chi connectivity index (χ1) is 21.5.